The number of ether oxygens (including phenoxy) is 1. The van der Waals surface area contributed by atoms with Crippen LogP contribution in [0.4, 0.5) is 0 Å². The van der Waals surface area contributed by atoms with Crippen molar-refractivity contribution in [2.75, 3.05) is 7.11 Å². The normalized spacial score (nSPS) is 9.12. The van der Waals surface area contributed by atoms with Gasteiger partial charge in [0.05, 0.1) is 7.11 Å². The van der Waals surface area contributed by atoms with Crippen LogP contribution in [0.25, 0.3) is 0 Å². The summed E-state index contributed by atoms with van der Waals surface area (Å²) >= 11 is 0. The predicted octanol–water partition coefficient (Wildman–Crippen LogP) is 2.01. The second kappa shape index (κ2) is 6.82. The number of aromatic hydroxyl groups is 1. The summed E-state index contributed by atoms with van der Waals surface area (Å²) in [5.41, 5.74) is 1.48. The molecule has 83 valence electrons. The number of esters is 1. The summed E-state index contributed by atoms with van der Waals surface area (Å²) in [6, 6.07) is 4.37. The van der Waals surface area contributed by atoms with Gasteiger partial charge in [-0.25, -0.2) is 0 Å². The first-order chi connectivity index (χ1) is 7.11. The van der Waals surface area contributed by atoms with Crippen LogP contribution in [0.2, 0.25) is 0 Å². The summed E-state index contributed by atoms with van der Waals surface area (Å²) in [7, 11) is 1.30. The van der Waals surface area contributed by atoms with Crippen LogP contribution in [0.1, 0.15) is 21.5 Å². The number of allylic oxidation sites excluding steroid dienone is 1. The van der Waals surface area contributed by atoms with E-state index < -0.39 is 5.97 Å². The summed E-state index contributed by atoms with van der Waals surface area (Å²) < 4.78 is 4.58. The Hall–Kier alpha value is -0.666. The first kappa shape index (κ1) is 15.3. The minimum absolute atomic E-state index is 0. The fraction of sp³-hybridized carbons (Fsp3) is 0.250. The number of benzene rings is 1. The molecule has 1 aromatic carbocycles. The van der Waals surface area contributed by atoms with E-state index >= 15 is 0 Å². The Bertz CT molecular complexity index is 399. The van der Waals surface area contributed by atoms with Gasteiger partial charge in [-0.2, -0.15) is 12.1 Å². The van der Waals surface area contributed by atoms with Gasteiger partial charge in [0.15, 0.2) is 0 Å². The molecule has 0 aliphatic heterocycles. The van der Waals surface area contributed by atoms with Crippen molar-refractivity contribution in [1.29, 1.82) is 0 Å². The molecule has 16 heavy (non-hydrogen) atoms. The molecular weight excluding hydrogens is 281 g/mol. The van der Waals surface area contributed by atoms with Crippen molar-refractivity contribution in [2.24, 2.45) is 0 Å². The summed E-state index contributed by atoms with van der Waals surface area (Å²) in [6.45, 7) is 5.25. The topological polar surface area (TPSA) is 46.5 Å². The zero-order valence-corrected chi connectivity index (χ0v) is 12.2. The average Bonchev–Trinajstić information content (AvgIpc) is 2.24. The minimum Gasteiger partial charge on any atom is -0.565 e. The van der Waals surface area contributed by atoms with Crippen molar-refractivity contribution in [2.45, 2.75) is 13.3 Å². The van der Waals surface area contributed by atoms with Gasteiger partial charge in [-0.1, -0.05) is 13.0 Å². The Balaban J connectivity index is 0.00000225. The molecule has 3 nitrogen and oxygen atoms in total. The van der Waals surface area contributed by atoms with Crippen molar-refractivity contribution >= 4 is 5.97 Å². The molecule has 0 atom stereocenters. The number of phenols is 1. The Kier molecular flexibility index (Phi) is 6.53. The van der Waals surface area contributed by atoms with Gasteiger partial charge in [0, 0.05) is 38.5 Å². The van der Waals surface area contributed by atoms with Crippen molar-refractivity contribution in [3.8, 4) is 5.75 Å². The van der Waals surface area contributed by atoms with E-state index in [-0.39, 0.29) is 38.5 Å². The monoisotopic (exact) mass is 294 g/mol. The van der Waals surface area contributed by atoms with Gasteiger partial charge in [-0.05, 0) is 12.0 Å². The van der Waals surface area contributed by atoms with Crippen LogP contribution in [-0.4, -0.2) is 18.2 Å². The second-order valence-corrected chi connectivity index (χ2v) is 3.14. The van der Waals surface area contributed by atoms with E-state index in [2.05, 4.69) is 17.4 Å². The molecule has 0 aliphatic carbocycles. The van der Waals surface area contributed by atoms with Crippen molar-refractivity contribution in [3.63, 3.8) is 0 Å². The molecule has 1 rings (SSSR count). The fourth-order valence-electron chi connectivity index (χ4n) is 1.31. The van der Waals surface area contributed by atoms with Crippen LogP contribution in [0.15, 0.2) is 18.7 Å². The number of carbonyl (C=O) groups excluding carboxylic acids is 1. The maximum atomic E-state index is 11.3. The van der Waals surface area contributed by atoms with Gasteiger partial charge in [-0.15, -0.1) is 17.7 Å². The van der Waals surface area contributed by atoms with E-state index in [0.29, 0.717) is 23.1 Å². The third kappa shape index (κ3) is 3.16. The molecule has 1 radical (unpaired) electrons. The molecule has 0 aliphatic rings. The van der Waals surface area contributed by atoms with Crippen LogP contribution in [-0.2, 0) is 43.9 Å². The van der Waals surface area contributed by atoms with Gasteiger partial charge < -0.3 is 9.84 Å². The molecule has 1 N–H and O–H groups in total. The van der Waals surface area contributed by atoms with E-state index in [9.17, 15) is 9.90 Å². The summed E-state index contributed by atoms with van der Waals surface area (Å²) in [4.78, 5) is 11.3. The Labute approximate surface area is 120 Å². The molecular formula is C12H13O3Y-. The van der Waals surface area contributed by atoms with E-state index in [1.54, 1.807) is 13.0 Å². The fourth-order valence-corrected chi connectivity index (χ4v) is 1.31. The number of rotatable bonds is 3. The van der Waals surface area contributed by atoms with E-state index in [1.807, 2.05) is 0 Å². The molecule has 0 fully saturated rings. The van der Waals surface area contributed by atoms with Crippen LogP contribution in [0.3, 0.4) is 0 Å². The molecule has 0 aromatic heterocycles. The molecule has 0 bridgehead atoms. The Morgan fingerprint density at radius 3 is 2.81 bits per heavy atom. The molecule has 4 heteroatoms. The largest absolute Gasteiger partial charge is 0.565 e. The first-order valence-corrected chi connectivity index (χ1v) is 4.54. The number of carbonyl (C=O) groups is 1. The smallest absolute Gasteiger partial charge is 0.281 e. The van der Waals surface area contributed by atoms with Crippen molar-refractivity contribution in [3.05, 3.63) is 41.5 Å². The van der Waals surface area contributed by atoms with Crippen molar-refractivity contribution in [1.82, 2.24) is 0 Å². The number of hydrogen-bond donors (Lipinski definition) is 1. The number of methoxy groups -OCH3 is 1. The molecule has 0 amide bonds. The van der Waals surface area contributed by atoms with Gasteiger partial charge >= 0.3 is 0 Å². The number of phenolic OH excluding ortho intramolecular Hbond substituents is 1. The van der Waals surface area contributed by atoms with E-state index in [1.165, 1.54) is 13.2 Å². The minimum atomic E-state index is -0.468. The molecule has 0 unspecified atom stereocenters. The molecule has 0 saturated carbocycles. The molecule has 1 aromatic rings. The third-order valence-corrected chi connectivity index (χ3v) is 2.19. The summed E-state index contributed by atoms with van der Waals surface area (Å²) in [6.07, 6.45) is 2.19. The second-order valence-electron chi connectivity index (χ2n) is 3.14. The average molecular weight is 294 g/mol. The first-order valence-electron chi connectivity index (χ1n) is 4.54. The van der Waals surface area contributed by atoms with Crippen LogP contribution in [0, 0.1) is 13.0 Å². The molecule has 0 spiro atoms. The Morgan fingerprint density at radius 2 is 2.31 bits per heavy atom. The van der Waals surface area contributed by atoms with Crippen molar-refractivity contribution < 1.29 is 47.3 Å². The van der Waals surface area contributed by atoms with Gasteiger partial charge in [-0.3, -0.25) is 4.79 Å². The molecule has 0 saturated heterocycles. The van der Waals surface area contributed by atoms with Crippen LogP contribution in [0.5, 0.6) is 5.75 Å². The van der Waals surface area contributed by atoms with Gasteiger partial charge in [0.2, 0.25) is 0 Å². The van der Waals surface area contributed by atoms with Crippen LogP contribution < -0.4 is 0 Å². The standard InChI is InChI=1S/C12H13O3.Y/c1-4-5-9-6-7-10(12(14)15-3)8(2)11(9)13;/h4,7,13H,1,5H2,2-3H3;/q-1;. The van der Waals surface area contributed by atoms with Gasteiger partial charge in [0.1, 0.15) is 0 Å². The zero-order valence-electron chi connectivity index (χ0n) is 9.41. The third-order valence-electron chi connectivity index (χ3n) is 2.19. The van der Waals surface area contributed by atoms with E-state index in [0.717, 1.165) is 0 Å². The number of hydrogen-bond acceptors (Lipinski definition) is 3. The Morgan fingerprint density at radius 1 is 1.69 bits per heavy atom. The van der Waals surface area contributed by atoms with Crippen LogP contribution >= 0.6 is 0 Å². The summed E-state index contributed by atoms with van der Waals surface area (Å²) in [5, 5.41) is 9.77. The SMILES string of the molecule is C=CCc1[c-]cc(C(=O)OC)c(C)c1O.[Y]. The van der Waals surface area contributed by atoms with Gasteiger partial charge in [0.25, 0.3) is 5.97 Å². The maximum Gasteiger partial charge on any atom is 0.281 e. The van der Waals surface area contributed by atoms with E-state index in [4.69, 9.17) is 0 Å². The quantitative estimate of drug-likeness (QED) is 0.527. The maximum absolute atomic E-state index is 11.3. The molecule has 0 heterocycles. The zero-order chi connectivity index (χ0) is 11.4. The summed E-state index contributed by atoms with van der Waals surface area (Å²) in [5.74, 6) is -0.387. The predicted molar refractivity (Wildman–Crippen MR) is 56.9 cm³/mol.